The molecule has 7 atom stereocenters. The standard InChI is InChI=1S/C19H36N4O6/c1-7-9(3)13(20)16(25)22-14(10(4)8-2)17(26)23-15(12(6)24)18(27)21-11(5)19(28)29/h9-15,24H,7-8,20H2,1-6H3,(H,21,27)(H,22,25)(H,23,26)(H,28,29). The highest BCUT2D eigenvalue weighted by Crippen LogP contribution is 2.11. The lowest BCUT2D eigenvalue weighted by Gasteiger charge is -2.29. The van der Waals surface area contributed by atoms with E-state index in [4.69, 9.17) is 10.8 Å². The van der Waals surface area contributed by atoms with Crippen LogP contribution < -0.4 is 21.7 Å². The summed E-state index contributed by atoms with van der Waals surface area (Å²) in [5.41, 5.74) is 5.94. The minimum absolute atomic E-state index is 0.0795. The second kappa shape index (κ2) is 12.4. The molecule has 0 aromatic carbocycles. The van der Waals surface area contributed by atoms with E-state index in [1.54, 1.807) is 6.92 Å². The molecule has 0 aromatic rings. The molecule has 0 bridgehead atoms. The summed E-state index contributed by atoms with van der Waals surface area (Å²) in [6, 6.07) is -4.32. The van der Waals surface area contributed by atoms with E-state index in [1.165, 1.54) is 13.8 Å². The minimum Gasteiger partial charge on any atom is -0.480 e. The molecule has 0 saturated heterocycles. The van der Waals surface area contributed by atoms with Crippen LogP contribution in [0.4, 0.5) is 0 Å². The van der Waals surface area contributed by atoms with Gasteiger partial charge in [-0.05, 0) is 25.7 Å². The number of rotatable bonds is 12. The molecule has 0 heterocycles. The van der Waals surface area contributed by atoms with Gasteiger partial charge in [-0.2, -0.15) is 0 Å². The van der Waals surface area contributed by atoms with E-state index in [0.717, 1.165) is 0 Å². The van der Waals surface area contributed by atoms with E-state index < -0.39 is 54.0 Å². The molecule has 0 aromatic heterocycles. The molecule has 29 heavy (non-hydrogen) atoms. The Bertz CT molecular complexity index is 583. The first-order valence-electron chi connectivity index (χ1n) is 9.94. The summed E-state index contributed by atoms with van der Waals surface area (Å²) in [7, 11) is 0. The van der Waals surface area contributed by atoms with Crippen molar-refractivity contribution in [2.75, 3.05) is 0 Å². The fourth-order valence-electron chi connectivity index (χ4n) is 2.48. The number of aliphatic hydroxyl groups is 1. The Morgan fingerprint density at radius 1 is 0.793 bits per heavy atom. The van der Waals surface area contributed by atoms with Gasteiger partial charge in [0.2, 0.25) is 17.7 Å². The van der Waals surface area contributed by atoms with Gasteiger partial charge >= 0.3 is 5.97 Å². The summed E-state index contributed by atoms with van der Waals surface area (Å²) < 4.78 is 0. The summed E-state index contributed by atoms with van der Waals surface area (Å²) >= 11 is 0. The van der Waals surface area contributed by atoms with Gasteiger partial charge in [0.15, 0.2) is 0 Å². The lowest BCUT2D eigenvalue weighted by Crippen LogP contribution is -2.61. The highest BCUT2D eigenvalue weighted by Gasteiger charge is 2.34. The van der Waals surface area contributed by atoms with Gasteiger partial charge in [-0.3, -0.25) is 19.2 Å². The molecular formula is C19H36N4O6. The Balaban J connectivity index is 5.38. The Labute approximate surface area is 172 Å². The zero-order valence-corrected chi connectivity index (χ0v) is 18.1. The molecule has 0 aliphatic carbocycles. The number of amides is 3. The van der Waals surface area contributed by atoms with E-state index in [0.29, 0.717) is 12.8 Å². The first kappa shape index (κ1) is 26.8. The molecule has 7 N–H and O–H groups in total. The van der Waals surface area contributed by atoms with E-state index in [-0.39, 0.29) is 11.8 Å². The van der Waals surface area contributed by atoms with Crippen LogP contribution in [0.5, 0.6) is 0 Å². The molecule has 168 valence electrons. The number of nitrogens with one attached hydrogen (secondary N) is 3. The maximum Gasteiger partial charge on any atom is 0.325 e. The number of nitrogens with two attached hydrogens (primary N) is 1. The maximum absolute atomic E-state index is 12.8. The minimum atomic E-state index is -1.38. The normalized spacial score (nSPS) is 18.3. The van der Waals surface area contributed by atoms with Crippen LogP contribution >= 0.6 is 0 Å². The smallest absolute Gasteiger partial charge is 0.325 e. The van der Waals surface area contributed by atoms with Crippen molar-refractivity contribution in [1.82, 2.24) is 16.0 Å². The Hall–Kier alpha value is -2.20. The molecule has 0 aliphatic rings. The maximum atomic E-state index is 12.8. The third kappa shape index (κ3) is 8.36. The molecule has 0 spiro atoms. The van der Waals surface area contributed by atoms with Crippen molar-refractivity contribution < 1.29 is 29.4 Å². The quantitative estimate of drug-likeness (QED) is 0.245. The molecule has 3 amide bonds. The van der Waals surface area contributed by atoms with Crippen molar-refractivity contribution in [3.8, 4) is 0 Å². The predicted octanol–water partition coefficient (Wildman–Crippen LogP) is -0.654. The van der Waals surface area contributed by atoms with Crippen LogP contribution in [0.15, 0.2) is 0 Å². The summed E-state index contributed by atoms with van der Waals surface area (Å²) in [6.45, 7) is 9.91. The Morgan fingerprint density at radius 3 is 1.66 bits per heavy atom. The largest absolute Gasteiger partial charge is 0.480 e. The predicted molar refractivity (Wildman–Crippen MR) is 108 cm³/mol. The van der Waals surface area contributed by atoms with Crippen LogP contribution in [0.2, 0.25) is 0 Å². The number of aliphatic carboxylic acids is 1. The Morgan fingerprint density at radius 2 is 1.24 bits per heavy atom. The number of carboxylic acids is 1. The van der Waals surface area contributed by atoms with Gasteiger partial charge in [-0.25, -0.2) is 0 Å². The number of hydrogen-bond donors (Lipinski definition) is 6. The second-order valence-corrected chi connectivity index (χ2v) is 7.58. The van der Waals surface area contributed by atoms with E-state index >= 15 is 0 Å². The first-order valence-corrected chi connectivity index (χ1v) is 9.94. The molecule has 0 rings (SSSR count). The van der Waals surface area contributed by atoms with Crippen LogP contribution in [0.3, 0.4) is 0 Å². The second-order valence-electron chi connectivity index (χ2n) is 7.58. The van der Waals surface area contributed by atoms with Crippen molar-refractivity contribution in [2.24, 2.45) is 17.6 Å². The zero-order chi connectivity index (χ0) is 22.9. The average Bonchev–Trinajstić information content (AvgIpc) is 2.67. The molecule has 10 nitrogen and oxygen atoms in total. The average molecular weight is 417 g/mol. The van der Waals surface area contributed by atoms with Gasteiger partial charge in [0, 0.05) is 0 Å². The summed E-state index contributed by atoms with van der Waals surface area (Å²) in [6.07, 6.45) is -0.0186. The molecule has 0 saturated carbocycles. The number of carbonyl (C=O) groups is 4. The summed E-state index contributed by atoms with van der Waals surface area (Å²) in [4.78, 5) is 48.5. The molecule has 7 unspecified atom stereocenters. The summed E-state index contributed by atoms with van der Waals surface area (Å²) in [5, 5.41) is 26.1. The van der Waals surface area contributed by atoms with Crippen molar-refractivity contribution in [3.05, 3.63) is 0 Å². The van der Waals surface area contributed by atoms with E-state index in [2.05, 4.69) is 16.0 Å². The number of carboxylic acid groups (broad SMARTS) is 1. The van der Waals surface area contributed by atoms with Gasteiger partial charge in [-0.1, -0.05) is 40.5 Å². The topological polar surface area (TPSA) is 171 Å². The Kier molecular flexibility index (Phi) is 11.4. The highest BCUT2D eigenvalue weighted by atomic mass is 16.4. The first-order chi connectivity index (χ1) is 13.4. The number of aliphatic hydroxyl groups excluding tert-OH is 1. The van der Waals surface area contributed by atoms with Gasteiger partial charge in [0.1, 0.15) is 18.1 Å². The molecular weight excluding hydrogens is 380 g/mol. The van der Waals surface area contributed by atoms with Gasteiger partial charge in [0.25, 0.3) is 0 Å². The fourth-order valence-corrected chi connectivity index (χ4v) is 2.48. The van der Waals surface area contributed by atoms with Crippen molar-refractivity contribution in [3.63, 3.8) is 0 Å². The number of hydrogen-bond acceptors (Lipinski definition) is 6. The van der Waals surface area contributed by atoms with Gasteiger partial charge in [0.05, 0.1) is 12.1 Å². The van der Waals surface area contributed by atoms with Crippen molar-refractivity contribution >= 4 is 23.7 Å². The molecule has 0 aliphatic heterocycles. The molecule has 0 radical (unpaired) electrons. The van der Waals surface area contributed by atoms with Crippen LogP contribution in [0, 0.1) is 11.8 Å². The molecule has 0 fully saturated rings. The van der Waals surface area contributed by atoms with Crippen molar-refractivity contribution in [2.45, 2.75) is 84.7 Å². The monoisotopic (exact) mass is 416 g/mol. The van der Waals surface area contributed by atoms with Gasteiger partial charge < -0.3 is 31.9 Å². The van der Waals surface area contributed by atoms with Crippen LogP contribution in [-0.2, 0) is 19.2 Å². The van der Waals surface area contributed by atoms with E-state index in [1.807, 2.05) is 20.8 Å². The number of carbonyl (C=O) groups excluding carboxylic acids is 3. The molecule has 10 heteroatoms. The van der Waals surface area contributed by atoms with Crippen molar-refractivity contribution in [1.29, 1.82) is 0 Å². The van der Waals surface area contributed by atoms with E-state index in [9.17, 15) is 24.3 Å². The SMILES string of the molecule is CCC(C)C(N)C(=O)NC(C(=O)NC(C(=O)NC(C)C(=O)O)C(C)O)C(C)CC. The fraction of sp³-hybridized carbons (Fsp3) is 0.789. The third-order valence-electron chi connectivity index (χ3n) is 5.14. The zero-order valence-electron chi connectivity index (χ0n) is 18.1. The highest BCUT2D eigenvalue weighted by molar-refractivity contribution is 5.94. The third-order valence-corrected chi connectivity index (χ3v) is 5.14. The lowest BCUT2D eigenvalue weighted by molar-refractivity contribution is -0.142. The lowest BCUT2D eigenvalue weighted by atomic mass is 9.95. The van der Waals surface area contributed by atoms with Gasteiger partial charge in [-0.15, -0.1) is 0 Å². The van der Waals surface area contributed by atoms with Crippen LogP contribution in [-0.4, -0.2) is 64.2 Å². The van der Waals surface area contributed by atoms with Crippen LogP contribution in [0.25, 0.3) is 0 Å². The summed E-state index contributed by atoms with van der Waals surface area (Å²) in [5.74, 6) is -3.57. The van der Waals surface area contributed by atoms with Crippen LogP contribution in [0.1, 0.15) is 54.4 Å².